The number of benzene rings is 2. The number of halogens is 1. The Morgan fingerprint density at radius 1 is 1.11 bits per heavy atom. The topological polar surface area (TPSA) is 77.1 Å². The molecule has 1 fully saturated rings. The molecule has 7 nitrogen and oxygen atoms in total. The van der Waals surface area contributed by atoms with Crippen LogP contribution >= 0.6 is 11.6 Å². The molecule has 0 aromatic heterocycles. The monoisotopic (exact) mass is 402 g/mol. The Kier molecular flexibility index (Phi) is 4.77. The molecule has 0 saturated carbocycles. The summed E-state index contributed by atoms with van der Waals surface area (Å²) in [5, 5.41) is 3.39. The predicted octanol–water partition coefficient (Wildman–Crippen LogP) is 2.96. The third kappa shape index (κ3) is 3.33. The van der Waals surface area contributed by atoms with E-state index in [0.717, 1.165) is 4.90 Å². The van der Waals surface area contributed by atoms with E-state index in [4.69, 9.17) is 25.8 Å². The molecule has 28 heavy (non-hydrogen) atoms. The molecule has 1 atom stereocenters. The van der Waals surface area contributed by atoms with Crippen LogP contribution in [0.4, 0.5) is 4.79 Å². The first-order chi connectivity index (χ1) is 13.5. The van der Waals surface area contributed by atoms with E-state index in [1.54, 1.807) is 49.4 Å². The quantitative estimate of drug-likeness (QED) is 0.778. The molecule has 0 aliphatic carbocycles. The number of fused-ring (bicyclic) bond motifs is 1. The van der Waals surface area contributed by atoms with Gasteiger partial charge in [0.1, 0.15) is 31.1 Å². The zero-order valence-corrected chi connectivity index (χ0v) is 16.0. The summed E-state index contributed by atoms with van der Waals surface area (Å²) in [5.41, 5.74) is -0.538. The van der Waals surface area contributed by atoms with E-state index in [-0.39, 0.29) is 19.1 Å². The number of rotatable bonds is 5. The number of imide groups is 1. The fourth-order valence-electron chi connectivity index (χ4n) is 3.24. The summed E-state index contributed by atoms with van der Waals surface area (Å²) in [6, 6.07) is 11.7. The van der Waals surface area contributed by atoms with Crippen LogP contribution in [0.25, 0.3) is 0 Å². The molecule has 0 radical (unpaired) electrons. The average Bonchev–Trinajstić information content (AvgIpc) is 2.93. The van der Waals surface area contributed by atoms with Crippen molar-refractivity contribution in [1.29, 1.82) is 0 Å². The van der Waals surface area contributed by atoms with Crippen molar-refractivity contribution in [2.75, 3.05) is 26.4 Å². The fraction of sp³-hybridized carbons (Fsp3) is 0.300. The lowest BCUT2D eigenvalue weighted by atomic mass is 9.91. The van der Waals surface area contributed by atoms with E-state index < -0.39 is 11.6 Å². The minimum atomic E-state index is -1.17. The fourth-order valence-corrected chi connectivity index (χ4v) is 3.36. The van der Waals surface area contributed by atoms with Gasteiger partial charge in [-0.1, -0.05) is 17.7 Å². The maximum Gasteiger partial charge on any atom is 0.325 e. The van der Waals surface area contributed by atoms with Gasteiger partial charge >= 0.3 is 6.03 Å². The van der Waals surface area contributed by atoms with Crippen LogP contribution in [0.2, 0.25) is 5.02 Å². The van der Waals surface area contributed by atoms with Crippen molar-refractivity contribution in [2.24, 2.45) is 0 Å². The highest BCUT2D eigenvalue weighted by Gasteiger charge is 2.49. The number of ether oxygens (including phenoxy) is 3. The second-order valence-corrected chi connectivity index (χ2v) is 7.11. The number of carbonyl (C=O) groups excluding carboxylic acids is 2. The van der Waals surface area contributed by atoms with Gasteiger partial charge in [0.05, 0.1) is 6.54 Å². The lowest BCUT2D eigenvalue weighted by molar-refractivity contribution is -0.131. The molecular formula is C20H19ClN2O5. The summed E-state index contributed by atoms with van der Waals surface area (Å²) < 4.78 is 16.7. The van der Waals surface area contributed by atoms with Crippen LogP contribution < -0.4 is 19.5 Å². The van der Waals surface area contributed by atoms with Gasteiger partial charge in [0.25, 0.3) is 5.91 Å². The number of nitrogens with one attached hydrogen (secondary N) is 1. The molecular weight excluding hydrogens is 384 g/mol. The second kappa shape index (κ2) is 7.24. The van der Waals surface area contributed by atoms with Gasteiger partial charge in [-0.2, -0.15) is 0 Å². The standard InChI is InChI=1S/C20H19ClN2O5/c1-20(13-2-7-16-17(12-13)28-11-10-27-16)18(24)23(19(25)22-20)8-9-26-15-5-3-14(21)4-6-15/h2-7,12H,8-11H2,1H3,(H,22,25)/t20-/m1/s1. The van der Waals surface area contributed by atoms with E-state index >= 15 is 0 Å². The first kappa shape index (κ1) is 18.4. The highest BCUT2D eigenvalue weighted by molar-refractivity contribution is 6.30. The number of carbonyl (C=O) groups is 2. The normalized spacial score (nSPS) is 20.9. The van der Waals surface area contributed by atoms with E-state index in [0.29, 0.717) is 41.0 Å². The van der Waals surface area contributed by atoms with Gasteiger partial charge in [0.15, 0.2) is 11.5 Å². The SMILES string of the molecule is C[C@]1(c2ccc3c(c2)OCCO3)NC(=O)N(CCOc2ccc(Cl)cc2)C1=O. The van der Waals surface area contributed by atoms with E-state index in [9.17, 15) is 9.59 Å². The molecule has 8 heteroatoms. The third-order valence-corrected chi connectivity index (χ3v) is 5.04. The van der Waals surface area contributed by atoms with Crippen LogP contribution in [-0.4, -0.2) is 43.2 Å². The first-order valence-electron chi connectivity index (χ1n) is 8.90. The molecule has 146 valence electrons. The molecule has 1 N–H and O–H groups in total. The van der Waals surface area contributed by atoms with Gasteiger partial charge in [-0.15, -0.1) is 0 Å². The van der Waals surface area contributed by atoms with Crippen LogP contribution in [0.5, 0.6) is 17.2 Å². The molecule has 2 aromatic carbocycles. The van der Waals surface area contributed by atoms with Crippen LogP contribution in [0, 0.1) is 0 Å². The van der Waals surface area contributed by atoms with Gasteiger partial charge in [-0.3, -0.25) is 9.69 Å². The van der Waals surface area contributed by atoms with Crippen LogP contribution in [0.3, 0.4) is 0 Å². The summed E-state index contributed by atoms with van der Waals surface area (Å²) in [6.45, 7) is 2.92. The Balaban J connectivity index is 1.46. The minimum Gasteiger partial charge on any atom is -0.492 e. The van der Waals surface area contributed by atoms with E-state index in [1.165, 1.54) is 0 Å². The van der Waals surface area contributed by atoms with Crippen LogP contribution in [0.15, 0.2) is 42.5 Å². The molecule has 1 saturated heterocycles. The highest BCUT2D eigenvalue weighted by atomic mass is 35.5. The minimum absolute atomic E-state index is 0.132. The van der Waals surface area contributed by atoms with Crippen LogP contribution in [0.1, 0.15) is 12.5 Å². The van der Waals surface area contributed by atoms with Crippen molar-refractivity contribution in [2.45, 2.75) is 12.5 Å². The zero-order chi connectivity index (χ0) is 19.7. The van der Waals surface area contributed by atoms with Crippen molar-refractivity contribution < 1.29 is 23.8 Å². The first-order valence-corrected chi connectivity index (χ1v) is 9.28. The van der Waals surface area contributed by atoms with Crippen molar-refractivity contribution in [3.05, 3.63) is 53.1 Å². The Morgan fingerprint density at radius 2 is 1.82 bits per heavy atom. The summed E-state index contributed by atoms with van der Waals surface area (Å²) in [5.74, 6) is 1.47. The van der Waals surface area contributed by atoms with Crippen molar-refractivity contribution in [3.8, 4) is 17.2 Å². The third-order valence-electron chi connectivity index (χ3n) is 4.79. The Bertz CT molecular complexity index is 917. The van der Waals surface area contributed by atoms with Crippen LogP contribution in [-0.2, 0) is 10.3 Å². The van der Waals surface area contributed by atoms with Gasteiger partial charge in [0, 0.05) is 5.02 Å². The molecule has 2 aliphatic heterocycles. The molecule has 2 heterocycles. The largest absolute Gasteiger partial charge is 0.492 e. The lowest BCUT2D eigenvalue weighted by Gasteiger charge is -2.25. The average molecular weight is 403 g/mol. The molecule has 0 bridgehead atoms. The molecule has 0 unspecified atom stereocenters. The van der Waals surface area contributed by atoms with E-state index in [2.05, 4.69) is 5.32 Å². The number of hydrogen-bond donors (Lipinski definition) is 1. The summed E-state index contributed by atoms with van der Waals surface area (Å²) >= 11 is 5.84. The Hall–Kier alpha value is -2.93. The number of nitrogens with zero attached hydrogens (tertiary/aromatic N) is 1. The lowest BCUT2D eigenvalue weighted by Crippen LogP contribution is -2.41. The highest BCUT2D eigenvalue weighted by Crippen LogP contribution is 2.36. The van der Waals surface area contributed by atoms with Gasteiger partial charge in [0.2, 0.25) is 0 Å². The summed E-state index contributed by atoms with van der Waals surface area (Å²) in [7, 11) is 0. The van der Waals surface area contributed by atoms with Gasteiger partial charge in [-0.05, 0) is 48.9 Å². The number of hydrogen-bond acceptors (Lipinski definition) is 5. The molecule has 2 aromatic rings. The van der Waals surface area contributed by atoms with Crippen molar-refractivity contribution >= 4 is 23.5 Å². The van der Waals surface area contributed by atoms with Crippen molar-refractivity contribution in [3.63, 3.8) is 0 Å². The smallest absolute Gasteiger partial charge is 0.325 e. The zero-order valence-electron chi connectivity index (χ0n) is 15.2. The molecule has 4 rings (SSSR count). The molecule has 2 aliphatic rings. The van der Waals surface area contributed by atoms with Gasteiger partial charge < -0.3 is 19.5 Å². The second-order valence-electron chi connectivity index (χ2n) is 6.67. The maximum atomic E-state index is 13.0. The summed E-state index contributed by atoms with van der Waals surface area (Å²) in [6.07, 6.45) is 0. The Labute approximate surface area is 167 Å². The predicted molar refractivity (Wildman–Crippen MR) is 102 cm³/mol. The number of amides is 3. The summed E-state index contributed by atoms with van der Waals surface area (Å²) in [4.78, 5) is 26.6. The van der Waals surface area contributed by atoms with E-state index in [1.807, 2.05) is 0 Å². The maximum absolute atomic E-state index is 13.0. The Morgan fingerprint density at radius 3 is 2.57 bits per heavy atom. The molecule has 0 spiro atoms. The molecule has 3 amide bonds. The van der Waals surface area contributed by atoms with Gasteiger partial charge in [-0.25, -0.2) is 4.79 Å². The number of urea groups is 1. The van der Waals surface area contributed by atoms with Crippen molar-refractivity contribution in [1.82, 2.24) is 10.2 Å².